The fourth-order valence-corrected chi connectivity index (χ4v) is 6.33. The van der Waals surface area contributed by atoms with Gasteiger partial charge in [0.1, 0.15) is 11.8 Å². The molecular weight excluding hydrogens is 709 g/mol. The van der Waals surface area contributed by atoms with Crippen LogP contribution in [-0.2, 0) is 24.7 Å². The lowest BCUT2D eigenvalue weighted by Gasteiger charge is -2.44. The van der Waals surface area contributed by atoms with Crippen molar-refractivity contribution in [3.8, 4) is 0 Å². The first-order chi connectivity index (χ1) is 24.2. The Morgan fingerprint density at radius 1 is 0.365 bits per heavy atom. The van der Waals surface area contributed by atoms with Crippen molar-refractivity contribution < 1.29 is 57.6 Å². The van der Waals surface area contributed by atoms with Crippen molar-refractivity contribution in [3.63, 3.8) is 0 Å². The van der Waals surface area contributed by atoms with Crippen molar-refractivity contribution in [2.75, 3.05) is 13.1 Å². The van der Waals surface area contributed by atoms with Gasteiger partial charge in [0.15, 0.2) is 0 Å². The van der Waals surface area contributed by atoms with E-state index in [0.717, 1.165) is 48.5 Å². The Morgan fingerprint density at radius 2 is 0.596 bits per heavy atom. The topological polar surface area (TPSA) is 4.44 Å². The average Bonchev–Trinajstić information content (AvgIpc) is 3.09. The van der Waals surface area contributed by atoms with E-state index < -0.39 is 53.1 Å². The Balaban J connectivity index is 0.000000470. The molecule has 0 aliphatic carbocycles. The van der Waals surface area contributed by atoms with Crippen molar-refractivity contribution in [3.05, 3.63) is 150 Å². The number of halogens is 12. The van der Waals surface area contributed by atoms with Gasteiger partial charge in [-0.05, 0) is 26.0 Å². The third-order valence-corrected chi connectivity index (χ3v) is 8.99. The van der Waals surface area contributed by atoms with Crippen LogP contribution in [0.1, 0.15) is 36.1 Å². The van der Waals surface area contributed by atoms with Crippen molar-refractivity contribution >= 4 is 33.7 Å². The van der Waals surface area contributed by atoms with E-state index >= 15 is 0 Å². The van der Waals surface area contributed by atoms with Crippen LogP contribution in [0.3, 0.4) is 0 Å². The smallest absolute Gasteiger partial charge is 0.303 e. The molecule has 0 saturated carbocycles. The normalized spacial score (nSPS) is 12.8. The molecule has 0 saturated heterocycles. The highest BCUT2D eigenvalue weighted by Crippen LogP contribution is 2.32. The maximum absolute atomic E-state index is 13.3. The van der Waals surface area contributed by atoms with E-state index in [9.17, 15) is 52.7 Å². The van der Waals surface area contributed by atoms with Crippen molar-refractivity contribution in [1.29, 1.82) is 0 Å². The molecule has 0 atom stereocenters. The van der Waals surface area contributed by atoms with E-state index in [1.54, 1.807) is 4.90 Å². The first kappa shape index (κ1) is 40.1. The maximum atomic E-state index is 13.3. The second kappa shape index (κ2) is 15.5. The van der Waals surface area contributed by atoms with E-state index in [4.69, 9.17) is 0 Å². The first-order valence-corrected chi connectivity index (χ1v) is 16.0. The average molecular weight is 741 g/mol. The molecule has 5 rings (SSSR count). The SMILES string of the molecule is CC[NH+](CC)c1ccccc1.FC(F)(F)c1ccc([B-](c2ccc(C(F)(F)F)cc2)(c2ccc(C(F)(F)F)cc2)c2ccc(C(F)(F)F)cc2)cc1. The van der Waals surface area contributed by atoms with Gasteiger partial charge >= 0.3 is 24.7 Å². The fourth-order valence-electron chi connectivity index (χ4n) is 6.33. The number of quaternary nitrogens is 1. The van der Waals surface area contributed by atoms with Crippen LogP contribution in [-0.4, -0.2) is 19.2 Å². The number of nitrogens with one attached hydrogen (secondary N) is 1. The molecule has 0 unspecified atom stereocenters. The maximum Gasteiger partial charge on any atom is 0.416 e. The van der Waals surface area contributed by atoms with Crippen molar-refractivity contribution in [1.82, 2.24) is 0 Å². The molecule has 276 valence electrons. The summed E-state index contributed by atoms with van der Waals surface area (Å²) in [5.74, 6) is 0. The number of rotatable bonds is 7. The van der Waals surface area contributed by atoms with Gasteiger partial charge in [0, 0.05) is 0 Å². The van der Waals surface area contributed by atoms with Crippen LogP contribution in [0, 0.1) is 0 Å². The minimum atomic E-state index is -4.77. The van der Waals surface area contributed by atoms with E-state index in [0.29, 0.717) is 48.5 Å². The highest BCUT2D eigenvalue weighted by molar-refractivity contribution is 7.19. The molecule has 1 nitrogen and oxygen atoms in total. The summed E-state index contributed by atoms with van der Waals surface area (Å²) in [6.45, 7) is 6.76. The van der Waals surface area contributed by atoms with E-state index in [1.807, 2.05) is 0 Å². The number of hydrogen-bond donors (Lipinski definition) is 1. The van der Waals surface area contributed by atoms with Gasteiger partial charge in [0.05, 0.1) is 35.3 Å². The standard InChI is InChI=1S/C28H16BF12.C10H15N/c30-25(31,32)17-1-9-21(10-2-17)29(22-11-3-18(4-12-22)26(33,34)35,23-13-5-19(6-14-23)27(36,37)38)24-15-7-20(8-16-24)28(39,40)41;1-3-11(4-2)10-8-6-5-7-9-10/h1-16H;5-9H,3-4H2,1-2H3/q-1;/p+1. The van der Waals surface area contributed by atoms with Gasteiger partial charge in [-0.2, -0.15) is 74.5 Å². The summed E-state index contributed by atoms with van der Waals surface area (Å²) in [4.78, 5) is 1.55. The van der Waals surface area contributed by atoms with E-state index in [2.05, 4.69) is 44.2 Å². The molecule has 0 fully saturated rings. The van der Waals surface area contributed by atoms with Crippen LogP contribution < -0.4 is 26.8 Å². The second-order valence-corrected chi connectivity index (χ2v) is 12.0. The molecule has 0 radical (unpaired) electrons. The highest BCUT2D eigenvalue weighted by Gasteiger charge is 2.38. The van der Waals surface area contributed by atoms with E-state index in [1.165, 1.54) is 18.8 Å². The predicted octanol–water partition coefficient (Wildman–Crippen LogP) is 8.38. The molecular formula is C38H32BF12N. The van der Waals surface area contributed by atoms with Crippen LogP contribution in [0.25, 0.3) is 0 Å². The van der Waals surface area contributed by atoms with Crippen molar-refractivity contribution in [2.45, 2.75) is 38.6 Å². The third kappa shape index (κ3) is 9.01. The molecule has 0 aliphatic rings. The molecule has 0 aromatic heterocycles. The van der Waals surface area contributed by atoms with Crippen LogP contribution in [0.5, 0.6) is 0 Å². The molecule has 0 amide bonds. The first-order valence-electron chi connectivity index (χ1n) is 16.0. The second-order valence-electron chi connectivity index (χ2n) is 12.0. The Hall–Kier alpha value is -4.72. The molecule has 0 heterocycles. The summed E-state index contributed by atoms with van der Waals surface area (Å²) < 4.78 is 160. The summed E-state index contributed by atoms with van der Waals surface area (Å²) in [6.07, 6.45) is -22.0. The molecule has 0 aliphatic heterocycles. The molecule has 0 spiro atoms. The Morgan fingerprint density at radius 3 is 0.788 bits per heavy atom. The number of alkyl halides is 12. The number of para-hydroxylation sites is 1. The highest BCUT2D eigenvalue weighted by atomic mass is 19.4. The lowest BCUT2D eigenvalue weighted by atomic mass is 9.13. The Bertz CT molecular complexity index is 1620. The van der Waals surface area contributed by atoms with Crippen molar-refractivity contribution in [2.24, 2.45) is 0 Å². The summed E-state index contributed by atoms with van der Waals surface area (Å²) in [5, 5.41) is 0. The van der Waals surface area contributed by atoms with Crippen LogP contribution in [0.2, 0.25) is 0 Å². The van der Waals surface area contributed by atoms with Crippen LogP contribution in [0.15, 0.2) is 127 Å². The third-order valence-electron chi connectivity index (χ3n) is 8.99. The zero-order valence-electron chi connectivity index (χ0n) is 27.7. The summed E-state index contributed by atoms with van der Waals surface area (Å²) >= 11 is 0. The minimum absolute atomic E-state index is 0.0114. The predicted molar refractivity (Wildman–Crippen MR) is 178 cm³/mol. The number of hydrogen-bond acceptors (Lipinski definition) is 0. The van der Waals surface area contributed by atoms with Gasteiger partial charge < -0.3 is 4.90 Å². The lowest BCUT2D eigenvalue weighted by molar-refractivity contribution is -0.828. The zero-order valence-corrected chi connectivity index (χ0v) is 27.7. The molecule has 14 heteroatoms. The largest absolute Gasteiger partial charge is 0.416 e. The summed E-state index contributed by atoms with van der Waals surface area (Å²) in [6, 6.07) is 24.2. The monoisotopic (exact) mass is 741 g/mol. The molecule has 52 heavy (non-hydrogen) atoms. The van der Waals surface area contributed by atoms with Gasteiger partial charge in [-0.25, -0.2) is 0 Å². The quantitative estimate of drug-likeness (QED) is 0.126. The van der Waals surface area contributed by atoms with E-state index in [-0.39, 0.29) is 21.9 Å². The summed E-state index contributed by atoms with van der Waals surface area (Å²) in [5.41, 5.74) is -2.89. The zero-order chi connectivity index (χ0) is 38.5. The van der Waals surface area contributed by atoms with Gasteiger partial charge in [-0.15, -0.1) is 0 Å². The molecule has 1 N–H and O–H groups in total. The Labute approximate surface area is 292 Å². The molecule has 5 aromatic rings. The van der Waals surface area contributed by atoms with Crippen LogP contribution >= 0.6 is 0 Å². The van der Waals surface area contributed by atoms with Gasteiger partial charge in [-0.3, -0.25) is 0 Å². The molecule has 5 aromatic carbocycles. The van der Waals surface area contributed by atoms with Gasteiger partial charge in [-0.1, -0.05) is 115 Å². The molecule has 0 bridgehead atoms. The Kier molecular flexibility index (Phi) is 11.9. The lowest BCUT2D eigenvalue weighted by Crippen LogP contribution is -3.06. The minimum Gasteiger partial charge on any atom is -0.303 e. The van der Waals surface area contributed by atoms with Gasteiger partial charge in [0.25, 0.3) is 0 Å². The van der Waals surface area contributed by atoms with Crippen LogP contribution in [0.4, 0.5) is 58.4 Å². The fraction of sp³-hybridized carbons (Fsp3) is 0.211. The van der Waals surface area contributed by atoms with Gasteiger partial charge in [0.2, 0.25) is 0 Å². The summed E-state index contributed by atoms with van der Waals surface area (Å²) in [7, 11) is 0. The number of benzene rings is 5.